The highest BCUT2D eigenvalue weighted by atomic mass is 16.5. The van der Waals surface area contributed by atoms with E-state index in [1.807, 2.05) is 38.7 Å². The van der Waals surface area contributed by atoms with Crippen LogP contribution in [0.2, 0.25) is 0 Å². The van der Waals surface area contributed by atoms with Gasteiger partial charge in [0.15, 0.2) is 0 Å². The summed E-state index contributed by atoms with van der Waals surface area (Å²) >= 11 is 0. The molecule has 1 unspecified atom stereocenters. The van der Waals surface area contributed by atoms with Crippen LogP contribution in [0.1, 0.15) is 19.7 Å². The SMILES string of the molecule is CCNC(C)(CN(C)Cc1nccn1C)C(=O)OC. The number of aromatic nitrogens is 2. The number of aryl methyl sites for hydroxylation is 1. The summed E-state index contributed by atoms with van der Waals surface area (Å²) in [5.41, 5.74) is -0.705. The average Bonchev–Trinajstić information content (AvgIpc) is 2.74. The van der Waals surface area contributed by atoms with E-state index in [0.717, 1.165) is 5.82 Å². The first-order valence-corrected chi connectivity index (χ1v) is 6.41. The maximum atomic E-state index is 11.9. The highest BCUT2D eigenvalue weighted by Gasteiger charge is 2.34. The van der Waals surface area contributed by atoms with Crippen molar-refractivity contribution in [1.82, 2.24) is 19.8 Å². The minimum atomic E-state index is -0.705. The molecule has 1 aromatic rings. The van der Waals surface area contributed by atoms with Crippen molar-refractivity contribution in [2.75, 3.05) is 27.2 Å². The molecule has 0 spiro atoms. The van der Waals surface area contributed by atoms with Gasteiger partial charge in [0.1, 0.15) is 11.4 Å². The van der Waals surface area contributed by atoms with Crippen LogP contribution < -0.4 is 5.32 Å². The summed E-state index contributed by atoms with van der Waals surface area (Å²) in [4.78, 5) is 18.2. The molecular weight excluding hydrogens is 244 g/mol. The zero-order chi connectivity index (χ0) is 14.5. The van der Waals surface area contributed by atoms with Crippen molar-refractivity contribution in [3.05, 3.63) is 18.2 Å². The number of carbonyl (C=O) groups excluding carboxylic acids is 1. The molecule has 0 saturated heterocycles. The van der Waals surface area contributed by atoms with Crippen LogP contribution in [0.15, 0.2) is 12.4 Å². The third kappa shape index (κ3) is 4.04. The number of esters is 1. The molecule has 0 aliphatic carbocycles. The molecule has 0 aliphatic rings. The Hall–Kier alpha value is -1.40. The third-order valence-electron chi connectivity index (χ3n) is 3.12. The lowest BCUT2D eigenvalue weighted by Gasteiger charge is -2.31. The lowest BCUT2D eigenvalue weighted by atomic mass is 10.0. The first-order chi connectivity index (χ1) is 8.92. The van der Waals surface area contributed by atoms with Crippen LogP contribution in [0, 0.1) is 0 Å². The number of likely N-dealkylation sites (N-methyl/N-ethyl adjacent to an activating group) is 2. The van der Waals surface area contributed by atoms with E-state index in [-0.39, 0.29) is 5.97 Å². The van der Waals surface area contributed by atoms with Gasteiger partial charge in [0, 0.05) is 26.0 Å². The minimum Gasteiger partial charge on any atom is -0.468 e. The predicted octanol–water partition coefficient (Wildman–Crippen LogP) is 0.393. The molecule has 1 atom stereocenters. The summed E-state index contributed by atoms with van der Waals surface area (Å²) in [6.45, 7) is 5.78. The number of carbonyl (C=O) groups is 1. The monoisotopic (exact) mass is 268 g/mol. The normalized spacial score (nSPS) is 14.4. The second kappa shape index (κ2) is 6.68. The van der Waals surface area contributed by atoms with Crippen molar-refractivity contribution in [2.24, 2.45) is 7.05 Å². The fraction of sp³-hybridized carbons (Fsp3) is 0.692. The minimum absolute atomic E-state index is 0.249. The number of nitrogens with zero attached hydrogens (tertiary/aromatic N) is 3. The van der Waals surface area contributed by atoms with Crippen molar-refractivity contribution in [3.63, 3.8) is 0 Å². The predicted molar refractivity (Wildman–Crippen MR) is 73.6 cm³/mol. The molecule has 1 N–H and O–H groups in total. The molecule has 1 rings (SSSR count). The zero-order valence-electron chi connectivity index (χ0n) is 12.4. The second-order valence-corrected chi connectivity index (χ2v) is 4.98. The van der Waals surface area contributed by atoms with Gasteiger partial charge in [-0.1, -0.05) is 6.92 Å². The van der Waals surface area contributed by atoms with Gasteiger partial charge in [-0.25, -0.2) is 4.98 Å². The third-order valence-corrected chi connectivity index (χ3v) is 3.12. The van der Waals surface area contributed by atoms with Crippen molar-refractivity contribution in [3.8, 4) is 0 Å². The van der Waals surface area contributed by atoms with Gasteiger partial charge in [-0.2, -0.15) is 0 Å². The molecule has 1 aromatic heterocycles. The summed E-state index contributed by atoms with van der Waals surface area (Å²) in [5, 5.41) is 3.19. The fourth-order valence-corrected chi connectivity index (χ4v) is 2.19. The summed E-state index contributed by atoms with van der Waals surface area (Å²) in [5.74, 6) is 0.715. The molecular formula is C13H24N4O2. The first kappa shape index (κ1) is 15.7. The van der Waals surface area contributed by atoms with Crippen molar-refractivity contribution in [2.45, 2.75) is 25.9 Å². The van der Waals surface area contributed by atoms with E-state index in [1.165, 1.54) is 7.11 Å². The Morgan fingerprint density at radius 3 is 2.79 bits per heavy atom. The van der Waals surface area contributed by atoms with E-state index in [0.29, 0.717) is 19.6 Å². The van der Waals surface area contributed by atoms with Crippen LogP contribution in [0.4, 0.5) is 0 Å². The Kier molecular flexibility index (Phi) is 5.50. The van der Waals surface area contributed by atoms with Gasteiger partial charge in [0.05, 0.1) is 13.7 Å². The summed E-state index contributed by atoms with van der Waals surface area (Å²) in [6, 6.07) is 0. The number of hydrogen-bond donors (Lipinski definition) is 1. The van der Waals surface area contributed by atoms with Gasteiger partial charge >= 0.3 is 5.97 Å². The van der Waals surface area contributed by atoms with E-state index in [9.17, 15) is 4.79 Å². The number of rotatable bonds is 7. The highest BCUT2D eigenvalue weighted by Crippen LogP contribution is 2.10. The van der Waals surface area contributed by atoms with Crippen LogP contribution in [-0.2, 0) is 23.1 Å². The molecule has 19 heavy (non-hydrogen) atoms. The van der Waals surface area contributed by atoms with Gasteiger partial charge in [0.25, 0.3) is 0 Å². The van der Waals surface area contributed by atoms with Gasteiger partial charge in [-0.15, -0.1) is 0 Å². The Morgan fingerprint density at radius 1 is 1.63 bits per heavy atom. The molecule has 108 valence electrons. The quantitative estimate of drug-likeness (QED) is 0.725. The standard InChI is InChI=1S/C13H24N4O2/c1-6-15-13(2,12(18)19-5)10-16(3)9-11-14-7-8-17(11)4/h7-8,15H,6,9-10H2,1-5H3. The van der Waals surface area contributed by atoms with E-state index in [2.05, 4.69) is 15.2 Å². The summed E-state index contributed by atoms with van der Waals surface area (Å²) in [6.07, 6.45) is 3.68. The molecule has 0 radical (unpaired) electrons. The van der Waals surface area contributed by atoms with Crippen LogP contribution >= 0.6 is 0 Å². The molecule has 0 bridgehead atoms. The van der Waals surface area contributed by atoms with Crippen molar-refractivity contribution in [1.29, 1.82) is 0 Å². The number of methoxy groups -OCH3 is 1. The fourth-order valence-electron chi connectivity index (χ4n) is 2.19. The van der Waals surface area contributed by atoms with Crippen LogP contribution in [0.25, 0.3) is 0 Å². The summed E-state index contributed by atoms with van der Waals surface area (Å²) < 4.78 is 6.85. The van der Waals surface area contributed by atoms with Crippen molar-refractivity contribution >= 4 is 5.97 Å². The van der Waals surface area contributed by atoms with Crippen LogP contribution in [0.5, 0.6) is 0 Å². The second-order valence-electron chi connectivity index (χ2n) is 4.98. The maximum Gasteiger partial charge on any atom is 0.327 e. The van der Waals surface area contributed by atoms with E-state index in [1.54, 1.807) is 6.20 Å². The molecule has 0 saturated carbocycles. The van der Waals surface area contributed by atoms with Crippen molar-refractivity contribution < 1.29 is 9.53 Å². The topological polar surface area (TPSA) is 59.4 Å². The summed E-state index contributed by atoms with van der Waals surface area (Å²) in [7, 11) is 5.34. The number of hydrogen-bond acceptors (Lipinski definition) is 5. The number of nitrogens with one attached hydrogen (secondary N) is 1. The Balaban J connectivity index is 2.69. The van der Waals surface area contributed by atoms with E-state index >= 15 is 0 Å². The largest absolute Gasteiger partial charge is 0.468 e. The Morgan fingerprint density at radius 2 is 2.32 bits per heavy atom. The van der Waals surface area contributed by atoms with E-state index < -0.39 is 5.54 Å². The number of imidazole rings is 1. The van der Waals surface area contributed by atoms with Gasteiger partial charge in [-0.3, -0.25) is 9.69 Å². The molecule has 0 fully saturated rings. The van der Waals surface area contributed by atoms with Crippen LogP contribution in [0.3, 0.4) is 0 Å². The van der Waals surface area contributed by atoms with Gasteiger partial charge in [-0.05, 0) is 20.5 Å². The van der Waals surface area contributed by atoms with E-state index in [4.69, 9.17) is 4.74 Å². The first-order valence-electron chi connectivity index (χ1n) is 6.41. The smallest absolute Gasteiger partial charge is 0.327 e. The number of ether oxygens (including phenoxy) is 1. The molecule has 0 amide bonds. The maximum absolute atomic E-state index is 11.9. The Labute approximate surface area is 114 Å². The highest BCUT2D eigenvalue weighted by molar-refractivity contribution is 5.80. The molecule has 6 nitrogen and oxygen atoms in total. The zero-order valence-corrected chi connectivity index (χ0v) is 12.4. The van der Waals surface area contributed by atoms with Gasteiger partial charge < -0.3 is 14.6 Å². The average molecular weight is 268 g/mol. The molecule has 0 aliphatic heterocycles. The lowest BCUT2D eigenvalue weighted by Crippen LogP contribution is -2.56. The molecule has 6 heteroatoms. The Bertz CT molecular complexity index is 419. The molecule has 0 aromatic carbocycles. The lowest BCUT2D eigenvalue weighted by molar-refractivity contribution is -0.148. The molecule has 1 heterocycles. The van der Waals surface area contributed by atoms with Crippen LogP contribution in [-0.4, -0.2) is 53.2 Å². The van der Waals surface area contributed by atoms with Gasteiger partial charge in [0.2, 0.25) is 0 Å².